The molecule has 0 aromatic heterocycles. The average molecular weight is 191 g/mol. The van der Waals surface area contributed by atoms with E-state index in [0.717, 1.165) is 11.3 Å². The molecule has 3 nitrogen and oxygen atoms in total. The van der Waals surface area contributed by atoms with Crippen molar-refractivity contribution in [3.63, 3.8) is 0 Å². The molecule has 0 aliphatic carbocycles. The van der Waals surface area contributed by atoms with Gasteiger partial charge in [-0.3, -0.25) is 0 Å². The standard InChI is InChI=1S/C11H13NO2/c1-8-2-4-9(5-3-8)12-10(13)6-7-11(12)14/h2-7,10-11,13-14H,1H3. The molecule has 14 heavy (non-hydrogen) atoms. The fourth-order valence-corrected chi connectivity index (χ4v) is 1.56. The first kappa shape index (κ1) is 9.24. The maximum Gasteiger partial charge on any atom is 0.148 e. The first-order chi connectivity index (χ1) is 6.68. The minimum absolute atomic E-state index is 0.729. The zero-order chi connectivity index (χ0) is 10.1. The lowest BCUT2D eigenvalue weighted by Gasteiger charge is -2.26. The Hall–Kier alpha value is -1.32. The predicted molar refractivity (Wildman–Crippen MR) is 54.8 cm³/mol. The lowest BCUT2D eigenvalue weighted by atomic mass is 10.2. The van der Waals surface area contributed by atoms with E-state index in [9.17, 15) is 10.2 Å². The molecule has 3 heteroatoms. The van der Waals surface area contributed by atoms with Gasteiger partial charge in [0.2, 0.25) is 0 Å². The largest absolute Gasteiger partial charge is 0.370 e. The summed E-state index contributed by atoms with van der Waals surface area (Å²) in [7, 11) is 0. The monoisotopic (exact) mass is 191 g/mol. The van der Waals surface area contributed by atoms with E-state index >= 15 is 0 Å². The molecule has 2 atom stereocenters. The van der Waals surface area contributed by atoms with Gasteiger partial charge < -0.3 is 15.1 Å². The maximum atomic E-state index is 9.56. The fourth-order valence-electron chi connectivity index (χ4n) is 1.56. The Morgan fingerprint density at radius 3 is 2.00 bits per heavy atom. The van der Waals surface area contributed by atoms with Crippen LogP contribution >= 0.6 is 0 Å². The minimum Gasteiger partial charge on any atom is -0.370 e. The third-order valence-corrected chi connectivity index (χ3v) is 2.36. The van der Waals surface area contributed by atoms with E-state index in [2.05, 4.69) is 0 Å². The average Bonchev–Trinajstić information content (AvgIpc) is 2.49. The summed E-state index contributed by atoms with van der Waals surface area (Å²) >= 11 is 0. The molecular formula is C11H13NO2. The first-order valence-corrected chi connectivity index (χ1v) is 4.58. The lowest BCUT2D eigenvalue weighted by Crippen LogP contribution is -2.36. The summed E-state index contributed by atoms with van der Waals surface area (Å²) < 4.78 is 0. The van der Waals surface area contributed by atoms with Crippen LogP contribution in [0.4, 0.5) is 5.69 Å². The number of anilines is 1. The van der Waals surface area contributed by atoms with Gasteiger partial charge in [-0.05, 0) is 31.2 Å². The first-order valence-electron chi connectivity index (χ1n) is 4.58. The van der Waals surface area contributed by atoms with E-state index in [0.29, 0.717) is 0 Å². The predicted octanol–water partition coefficient (Wildman–Crippen LogP) is 1.01. The molecule has 2 unspecified atom stereocenters. The molecule has 1 heterocycles. The zero-order valence-corrected chi connectivity index (χ0v) is 7.96. The molecule has 1 aliphatic rings. The molecule has 0 saturated carbocycles. The van der Waals surface area contributed by atoms with Gasteiger partial charge in [-0.2, -0.15) is 0 Å². The summed E-state index contributed by atoms with van der Waals surface area (Å²) in [6, 6.07) is 7.67. The van der Waals surface area contributed by atoms with Gasteiger partial charge in [-0.15, -0.1) is 0 Å². The molecule has 74 valence electrons. The Labute approximate surface area is 82.9 Å². The topological polar surface area (TPSA) is 43.7 Å². The van der Waals surface area contributed by atoms with Gasteiger partial charge >= 0.3 is 0 Å². The SMILES string of the molecule is Cc1ccc(N2C(O)C=CC2O)cc1. The van der Waals surface area contributed by atoms with Gasteiger partial charge in [0.1, 0.15) is 12.5 Å². The second kappa shape index (κ2) is 3.44. The van der Waals surface area contributed by atoms with Crippen molar-refractivity contribution in [1.82, 2.24) is 0 Å². The minimum atomic E-state index is -0.729. The Kier molecular flexibility index (Phi) is 2.27. The van der Waals surface area contributed by atoms with Crippen LogP contribution in [0, 0.1) is 6.92 Å². The second-order valence-corrected chi connectivity index (χ2v) is 3.45. The normalized spacial score (nSPS) is 25.8. The van der Waals surface area contributed by atoms with Crippen LogP contribution in [0.5, 0.6) is 0 Å². The highest BCUT2D eigenvalue weighted by Crippen LogP contribution is 2.23. The van der Waals surface area contributed by atoms with Gasteiger partial charge in [0.15, 0.2) is 0 Å². The number of aryl methyl sites for hydroxylation is 1. The van der Waals surface area contributed by atoms with Crippen LogP contribution in [-0.4, -0.2) is 22.7 Å². The van der Waals surface area contributed by atoms with Gasteiger partial charge in [0.05, 0.1) is 0 Å². The zero-order valence-electron chi connectivity index (χ0n) is 7.96. The number of benzene rings is 1. The van der Waals surface area contributed by atoms with Crippen LogP contribution in [0.1, 0.15) is 5.56 Å². The van der Waals surface area contributed by atoms with E-state index in [1.54, 1.807) is 17.1 Å². The number of aliphatic hydroxyl groups excluding tert-OH is 2. The molecular weight excluding hydrogens is 178 g/mol. The summed E-state index contributed by atoms with van der Waals surface area (Å²) in [6.07, 6.45) is 1.69. The molecule has 1 aromatic carbocycles. The van der Waals surface area contributed by atoms with Crippen LogP contribution in [0.25, 0.3) is 0 Å². The van der Waals surface area contributed by atoms with E-state index in [4.69, 9.17) is 0 Å². The molecule has 0 saturated heterocycles. The van der Waals surface area contributed by atoms with Gasteiger partial charge in [-0.25, -0.2) is 0 Å². The van der Waals surface area contributed by atoms with Crippen LogP contribution in [0.3, 0.4) is 0 Å². The number of hydrogen-bond acceptors (Lipinski definition) is 3. The number of hydrogen-bond donors (Lipinski definition) is 2. The van der Waals surface area contributed by atoms with Crippen LogP contribution < -0.4 is 4.90 Å². The Morgan fingerprint density at radius 1 is 1.00 bits per heavy atom. The molecule has 0 bridgehead atoms. The number of rotatable bonds is 1. The quantitative estimate of drug-likeness (QED) is 0.651. The van der Waals surface area contributed by atoms with E-state index < -0.39 is 12.5 Å². The van der Waals surface area contributed by atoms with Crippen molar-refractivity contribution in [3.05, 3.63) is 42.0 Å². The summed E-state index contributed by atoms with van der Waals surface area (Å²) in [5, 5.41) is 19.1. The number of nitrogens with zero attached hydrogens (tertiary/aromatic N) is 1. The maximum absolute atomic E-state index is 9.56. The Morgan fingerprint density at radius 2 is 1.50 bits per heavy atom. The van der Waals surface area contributed by atoms with E-state index in [-0.39, 0.29) is 0 Å². The molecule has 1 aliphatic heterocycles. The van der Waals surface area contributed by atoms with Crippen molar-refractivity contribution < 1.29 is 10.2 Å². The van der Waals surface area contributed by atoms with Crippen LogP contribution in [-0.2, 0) is 0 Å². The molecule has 1 aromatic rings. The third kappa shape index (κ3) is 1.52. The molecule has 0 amide bonds. The van der Waals surface area contributed by atoms with Gasteiger partial charge in [0.25, 0.3) is 0 Å². The van der Waals surface area contributed by atoms with Crippen LogP contribution in [0.15, 0.2) is 36.4 Å². The van der Waals surface area contributed by atoms with E-state index in [1.165, 1.54) is 0 Å². The van der Waals surface area contributed by atoms with Crippen molar-refractivity contribution in [3.8, 4) is 0 Å². The molecule has 2 rings (SSSR count). The third-order valence-electron chi connectivity index (χ3n) is 2.36. The molecule has 0 fully saturated rings. The summed E-state index contributed by atoms with van der Waals surface area (Å²) in [5.74, 6) is 0. The lowest BCUT2D eigenvalue weighted by molar-refractivity contribution is 0.154. The molecule has 0 radical (unpaired) electrons. The highest BCUT2D eigenvalue weighted by Gasteiger charge is 2.24. The summed E-state index contributed by atoms with van der Waals surface area (Å²) in [6.45, 7) is 2.00. The van der Waals surface area contributed by atoms with Crippen molar-refractivity contribution in [2.75, 3.05) is 4.90 Å². The highest BCUT2D eigenvalue weighted by molar-refractivity contribution is 5.51. The van der Waals surface area contributed by atoms with Gasteiger partial charge in [0, 0.05) is 5.69 Å². The Balaban J connectivity index is 2.27. The summed E-state index contributed by atoms with van der Waals surface area (Å²) in [5.41, 5.74) is 1.98. The molecule has 0 spiro atoms. The second-order valence-electron chi connectivity index (χ2n) is 3.45. The van der Waals surface area contributed by atoms with Crippen molar-refractivity contribution >= 4 is 5.69 Å². The van der Waals surface area contributed by atoms with E-state index in [1.807, 2.05) is 31.2 Å². The van der Waals surface area contributed by atoms with Crippen molar-refractivity contribution in [1.29, 1.82) is 0 Å². The summed E-state index contributed by atoms with van der Waals surface area (Å²) in [4.78, 5) is 1.54. The van der Waals surface area contributed by atoms with Gasteiger partial charge in [-0.1, -0.05) is 17.7 Å². The van der Waals surface area contributed by atoms with Crippen molar-refractivity contribution in [2.24, 2.45) is 0 Å². The number of aliphatic hydroxyl groups is 2. The van der Waals surface area contributed by atoms with Crippen LogP contribution in [0.2, 0.25) is 0 Å². The molecule has 2 N–H and O–H groups in total. The Bertz CT molecular complexity index is 333. The highest BCUT2D eigenvalue weighted by atomic mass is 16.3. The fraction of sp³-hybridized carbons (Fsp3) is 0.273. The smallest absolute Gasteiger partial charge is 0.148 e. The van der Waals surface area contributed by atoms with Crippen molar-refractivity contribution in [2.45, 2.75) is 19.4 Å².